The fourth-order valence-corrected chi connectivity index (χ4v) is 1.96. The van der Waals surface area contributed by atoms with E-state index in [1.165, 1.54) is 26.0 Å². The van der Waals surface area contributed by atoms with Gasteiger partial charge in [0.15, 0.2) is 5.78 Å². The van der Waals surface area contributed by atoms with Crippen molar-refractivity contribution in [3.8, 4) is 11.1 Å². The summed E-state index contributed by atoms with van der Waals surface area (Å²) in [5, 5.41) is 2.68. The van der Waals surface area contributed by atoms with Crippen molar-refractivity contribution in [1.29, 1.82) is 0 Å². The normalized spacial score (nSPS) is 10.2. The molecule has 0 saturated carbocycles. The van der Waals surface area contributed by atoms with Crippen LogP contribution in [0.25, 0.3) is 11.1 Å². The Kier molecular flexibility index (Phi) is 3.94. The molecule has 2 rings (SSSR count). The van der Waals surface area contributed by atoms with E-state index in [4.69, 9.17) is 0 Å². The molecular formula is C16H14FNO2. The molecule has 0 heterocycles. The van der Waals surface area contributed by atoms with Gasteiger partial charge in [-0.05, 0) is 42.8 Å². The summed E-state index contributed by atoms with van der Waals surface area (Å²) in [5.74, 6) is -0.681. The van der Waals surface area contributed by atoms with Gasteiger partial charge in [-0.1, -0.05) is 12.1 Å². The first kappa shape index (κ1) is 13.9. The monoisotopic (exact) mass is 271 g/mol. The fraction of sp³-hybridized carbons (Fsp3) is 0.125. The molecule has 4 heteroatoms. The van der Waals surface area contributed by atoms with Crippen LogP contribution in [-0.4, -0.2) is 11.7 Å². The van der Waals surface area contributed by atoms with Gasteiger partial charge in [0.05, 0.1) is 0 Å². The van der Waals surface area contributed by atoms with Crippen LogP contribution in [0, 0.1) is 5.82 Å². The number of nitrogens with one attached hydrogen (secondary N) is 1. The number of benzene rings is 2. The van der Waals surface area contributed by atoms with Gasteiger partial charge in [0.2, 0.25) is 5.91 Å². The van der Waals surface area contributed by atoms with Crippen LogP contribution in [-0.2, 0) is 4.79 Å². The van der Waals surface area contributed by atoms with Gasteiger partial charge in [0, 0.05) is 23.7 Å². The number of halogens is 1. The van der Waals surface area contributed by atoms with E-state index in [1.807, 2.05) is 0 Å². The maximum Gasteiger partial charge on any atom is 0.221 e. The van der Waals surface area contributed by atoms with Gasteiger partial charge in [-0.3, -0.25) is 9.59 Å². The van der Waals surface area contributed by atoms with Crippen LogP contribution < -0.4 is 5.32 Å². The third-order valence-electron chi connectivity index (χ3n) is 2.87. The van der Waals surface area contributed by atoms with E-state index < -0.39 is 0 Å². The number of amides is 1. The summed E-state index contributed by atoms with van der Waals surface area (Å²) in [6.07, 6.45) is 0. The first-order valence-corrected chi connectivity index (χ1v) is 6.16. The predicted octanol–water partition coefficient (Wildman–Crippen LogP) is 3.65. The highest BCUT2D eigenvalue weighted by Crippen LogP contribution is 2.29. The third-order valence-corrected chi connectivity index (χ3v) is 2.87. The molecule has 0 aromatic heterocycles. The molecule has 0 spiro atoms. The molecular weight excluding hydrogens is 257 g/mol. The van der Waals surface area contributed by atoms with Crippen LogP contribution in [0.5, 0.6) is 0 Å². The molecule has 0 atom stereocenters. The molecule has 0 bridgehead atoms. The lowest BCUT2D eigenvalue weighted by Crippen LogP contribution is -2.07. The number of Topliss-reactive ketones (excluding diaryl/α,β-unsaturated/α-hetero) is 1. The number of carbonyl (C=O) groups excluding carboxylic acids is 2. The summed E-state index contributed by atoms with van der Waals surface area (Å²) < 4.78 is 13.4. The smallest absolute Gasteiger partial charge is 0.221 e. The molecule has 0 saturated heterocycles. The molecule has 20 heavy (non-hydrogen) atoms. The Morgan fingerprint density at radius 3 is 2.40 bits per heavy atom. The molecule has 2 aromatic carbocycles. The van der Waals surface area contributed by atoms with Gasteiger partial charge >= 0.3 is 0 Å². The summed E-state index contributed by atoms with van der Waals surface area (Å²) in [6, 6.07) is 11.0. The van der Waals surface area contributed by atoms with E-state index in [0.29, 0.717) is 22.4 Å². The molecule has 0 aliphatic heterocycles. The fourth-order valence-electron chi connectivity index (χ4n) is 1.96. The van der Waals surface area contributed by atoms with E-state index in [9.17, 15) is 14.0 Å². The van der Waals surface area contributed by atoms with Crippen LogP contribution in [0.2, 0.25) is 0 Å². The minimum Gasteiger partial charge on any atom is -0.326 e. The van der Waals surface area contributed by atoms with Crippen LogP contribution in [0.4, 0.5) is 10.1 Å². The topological polar surface area (TPSA) is 46.2 Å². The van der Waals surface area contributed by atoms with E-state index in [-0.39, 0.29) is 17.5 Å². The summed E-state index contributed by atoms with van der Waals surface area (Å²) >= 11 is 0. The number of anilines is 1. The Morgan fingerprint density at radius 2 is 1.80 bits per heavy atom. The van der Waals surface area contributed by atoms with Crippen molar-refractivity contribution in [2.45, 2.75) is 13.8 Å². The highest BCUT2D eigenvalue weighted by atomic mass is 19.1. The number of carbonyl (C=O) groups is 2. The standard InChI is InChI=1S/C16H14FNO2/c1-10(19)12-6-7-16(18-11(2)20)15(9-12)13-4-3-5-14(17)8-13/h3-9H,1-2H3,(H,18,20). The second-order valence-corrected chi connectivity index (χ2v) is 4.51. The second-order valence-electron chi connectivity index (χ2n) is 4.51. The Hall–Kier alpha value is -2.49. The first-order chi connectivity index (χ1) is 9.47. The molecule has 102 valence electrons. The van der Waals surface area contributed by atoms with Gasteiger partial charge in [0.1, 0.15) is 5.82 Å². The van der Waals surface area contributed by atoms with Gasteiger partial charge < -0.3 is 5.32 Å². The van der Waals surface area contributed by atoms with Crippen LogP contribution in [0.1, 0.15) is 24.2 Å². The van der Waals surface area contributed by atoms with Crippen molar-refractivity contribution in [2.24, 2.45) is 0 Å². The van der Waals surface area contributed by atoms with Gasteiger partial charge in [-0.2, -0.15) is 0 Å². The lowest BCUT2D eigenvalue weighted by Gasteiger charge is -2.11. The SMILES string of the molecule is CC(=O)Nc1ccc(C(C)=O)cc1-c1cccc(F)c1. The van der Waals surface area contributed by atoms with Crippen molar-refractivity contribution in [1.82, 2.24) is 0 Å². The third kappa shape index (κ3) is 3.09. The van der Waals surface area contributed by atoms with Crippen molar-refractivity contribution < 1.29 is 14.0 Å². The highest BCUT2D eigenvalue weighted by molar-refractivity contribution is 5.99. The minimum atomic E-state index is -0.371. The molecule has 0 aliphatic rings. The van der Waals surface area contributed by atoms with E-state index in [2.05, 4.69) is 5.32 Å². The molecule has 0 fully saturated rings. The number of hydrogen-bond donors (Lipinski definition) is 1. The van der Waals surface area contributed by atoms with Crippen molar-refractivity contribution >= 4 is 17.4 Å². The maximum absolute atomic E-state index is 13.4. The zero-order valence-electron chi connectivity index (χ0n) is 11.2. The van der Waals surface area contributed by atoms with E-state index in [0.717, 1.165) is 0 Å². The van der Waals surface area contributed by atoms with Crippen LogP contribution >= 0.6 is 0 Å². The molecule has 0 aliphatic carbocycles. The Labute approximate surface area is 116 Å². The Balaban J connectivity index is 2.59. The van der Waals surface area contributed by atoms with Crippen LogP contribution in [0.15, 0.2) is 42.5 Å². The number of hydrogen-bond acceptors (Lipinski definition) is 2. The van der Waals surface area contributed by atoms with Crippen molar-refractivity contribution in [3.05, 3.63) is 53.8 Å². The minimum absolute atomic E-state index is 0.0861. The highest BCUT2D eigenvalue weighted by Gasteiger charge is 2.10. The number of rotatable bonds is 3. The van der Waals surface area contributed by atoms with E-state index >= 15 is 0 Å². The van der Waals surface area contributed by atoms with E-state index in [1.54, 1.807) is 30.3 Å². The maximum atomic E-state index is 13.4. The average Bonchev–Trinajstić information content (AvgIpc) is 2.38. The Morgan fingerprint density at radius 1 is 1.05 bits per heavy atom. The van der Waals surface area contributed by atoms with Gasteiger partial charge in [0.25, 0.3) is 0 Å². The summed E-state index contributed by atoms with van der Waals surface area (Å²) in [4.78, 5) is 22.7. The van der Waals surface area contributed by atoms with Crippen molar-refractivity contribution in [3.63, 3.8) is 0 Å². The molecule has 0 unspecified atom stereocenters. The molecule has 2 aromatic rings. The lowest BCUT2D eigenvalue weighted by molar-refractivity contribution is -0.114. The lowest BCUT2D eigenvalue weighted by atomic mass is 9.99. The quantitative estimate of drug-likeness (QED) is 0.866. The zero-order valence-corrected chi connectivity index (χ0v) is 11.2. The zero-order chi connectivity index (χ0) is 14.7. The molecule has 1 amide bonds. The molecule has 3 nitrogen and oxygen atoms in total. The summed E-state index contributed by atoms with van der Waals surface area (Å²) in [5.41, 5.74) is 2.29. The van der Waals surface area contributed by atoms with Crippen LogP contribution in [0.3, 0.4) is 0 Å². The molecule has 0 radical (unpaired) electrons. The first-order valence-electron chi connectivity index (χ1n) is 6.16. The van der Waals surface area contributed by atoms with Crippen molar-refractivity contribution in [2.75, 3.05) is 5.32 Å². The largest absolute Gasteiger partial charge is 0.326 e. The number of ketones is 1. The van der Waals surface area contributed by atoms with Gasteiger partial charge in [-0.25, -0.2) is 4.39 Å². The predicted molar refractivity (Wildman–Crippen MR) is 76.1 cm³/mol. The summed E-state index contributed by atoms with van der Waals surface area (Å²) in [7, 11) is 0. The Bertz CT molecular complexity index is 680. The van der Waals surface area contributed by atoms with Gasteiger partial charge in [-0.15, -0.1) is 0 Å². The molecule has 1 N–H and O–H groups in total. The summed E-state index contributed by atoms with van der Waals surface area (Å²) in [6.45, 7) is 2.86. The second kappa shape index (κ2) is 5.65. The average molecular weight is 271 g/mol.